The summed E-state index contributed by atoms with van der Waals surface area (Å²) < 4.78 is 7.25. The number of halogens is 1. The van der Waals surface area contributed by atoms with Crippen LogP contribution in [0.1, 0.15) is 36.0 Å². The van der Waals surface area contributed by atoms with E-state index in [2.05, 4.69) is 10.3 Å². The number of amides is 1. The number of nitrogens with one attached hydrogen (secondary N) is 1. The van der Waals surface area contributed by atoms with Crippen LogP contribution < -0.4 is 15.6 Å². The summed E-state index contributed by atoms with van der Waals surface area (Å²) in [6, 6.07) is 6.80. The van der Waals surface area contributed by atoms with Crippen molar-refractivity contribution in [3.63, 3.8) is 0 Å². The SMILES string of the molecule is Cn1cccc(C(=O)NC2CCC(Oc3ccc(Cl)cn3)CC2)c1=O. The van der Waals surface area contributed by atoms with Crippen LogP contribution >= 0.6 is 11.6 Å². The minimum absolute atomic E-state index is 0.0513. The van der Waals surface area contributed by atoms with E-state index in [1.54, 1.807) is 43.7 Å². The smallest absolute Gasteiger partial charge is 0.263 e. The standard InChI is InChI=1S/C18H20ClN3O3/c1-22-10-2-3-15(18(22)24)17(23)21-13-5-7-14(8-6-13)25-16-9-4-12(19)11-20-16/h2-4,9-11,13-14H,5-8H2,1H3,(H,21,23). The third kappa shape index (κ3) is 4.39. The molecule has 1 fully saturated rings. The summed E-state index contributed by atoms with van der Waals surface area (Å²) in [4.78, 5) is 28.4. The van der Waals surface area contributed by atoms with Gasteiger partial charge < -0.3 is 14.6 Å². The molecule has 2 aromatic rings. The van der Waals surface area contributed by atoms with Crippen LogP contribution in [0.2, 0.25) is 5.02 Å². The third-order valence-corrected chi connectivity index (χ3v) is 4.59. The van der Waals surface area contributed by atoms with Crippen LogP contribution in [0.4, 0.5) is 0 Å². The van der Waals surface area contributed by atoms with Crippen molar-refractivity contribution >= 4 is 17.5 Å². The Morgan fingerprint density at radius 3 is 2.72 bits per heavy atom. The number of hydrogen-bond donors (Lipinski definition) is 1. The van der Waals surface area contributed by atoms with Crippen LogP contribution in [0.15, 0.2) is 41.5 Å². The lowest BCUT2D eigenvalue weighted by Gasteiger charge is -2.29. The van der Waals surface area contributed by atoms with E-state index in [1.807, 2.05) is 0 Å². The molecule has 3 rings (SSSR count). The summed E-state index contributed by atoms with van der Waals surface area (Å²) in [5.41, 5.74) is -0.112. The number of hydrogen-bond acceptors (Lipinski definition) is 4. The summed E-state index contributed by atoms with van der Waals surface area (Å²) in [5, 5.41) is 3.53. The maximum absolute atomic E-state index is 12.3. The average molecular weight is 362 g/mol. The van der Waals surface area contributed by atoms with E-state index in [-0.39, 0.29) is 29.2 Å². The summed E-state index contributed by atoms with van der Waals surface area (Å²) in [6.45, 7) is 0. The normalized spacial score (nSPS) is 20.1. The molecule has 0 bridgehead atoms. The Kier molecular flexibility index (Phi) is 5.38. The summed E-state index contributed by atoms with van der Waals surface area (Å²) in [7, 11) is 1.63. The van der Waals surface area contributed by atoms with E-state index in [0.717, 1.165) is 25.7 Å². The first kappa shape index (κ1) is 17.5. The van der Waals surface area contributed by atoms with Crippen LogP contribution in [0.5, 0.6) is 5.88 Å². The molecule has 0 unspecified atom stereocenters. The Hall–Kier alpha value is -2.34. The maximum atomic E-state index is 12.3. The van der Waals surface area contributed by atoms with E-state index < -0.39 is 0 Å². The number of aromatic nitrogens is 2. The van der Waals surface area contributed by atoms with Crippen molar-refractivity contribution in [2.24, 2.45) is 7.05 Å². The highest BCUT2D eigenvalue weighted by Crippen LogP contribution is 2.23. The van der Waals surface area contributed by atoms with Gasteiger partial charge >= 0.3 is 0 Å². The molecule has 1 saturated carbocycles. The number of ether oxygens (including phenoxy) is 1. The summed E-state index contributed by atoms with van der Waals surface area (Å²) >= 11 is 5.81. The van der Waals surface area contributed by atoms with Crippen molar-refractivity contribution in [3.8, 4) is 5.88 Å². The lowest BCUT2D eigenvalue weighted by atomic mass is 9.92. The minimum Gasteiger partial charge on any atom is -0.474 e. The Balaban J connectivity index is 1.52. The van der Waals surface area contributed by atoms with Gasteiger partial charge in [0, 0.05) is 31.5 Å². The lowest BCUT2D eigenvalue weighted by molar-refractivity contribution is 0.0888. The van der Waals surface area contributed by atoms with Gasteiger partial charge in [0.05, 0.1) is 5.02 Å². The van der Waals surface area contributed by atoms with Gasteiger partial charge in [-0.3, -0.25) is 9.59 Å². The van der Waals surface area contributed by atoms with Crippen molar-refractivity contribution in [1.29, 1.82) is 0 Å². The Morgan fingerprint density at radius 1 is 1.28 bits per heavy atom. The number of pyridine rings is 2. The molecule has 0 aliphatic heterocycles. The van der Waals surface area contributed by atoms with Gasteiger partial charge in [0.1, 0.15) is 11.7 Å². The van der Waals surface area contributed by atoms with Crippen LogP contribution in [-0.4, -0.2) is 27.6 Å². The molecule has 1 aliphatic rings. The van der Waals surface area contributed by atoms with Gasteiger partial charge in [-0.1, -0.05) is 11.6 Å². The van der Waals surface area contributed by atoms with Crippen molar-refractivity contribution in [2.75, 3.05) is 0 Å². The largest absolute Gasteiger partial charge is 0.474 e. The molecule has 7 heteroatoms. The fourth-order valence-corrected chi connectivity index (χ4v) is 3.07. The molecule has 6 nitrogen and oxygen atoms in total. The third-order valence-electron chi connectivity index (χ3n) is 4.37. The second-order valence-corrected chi connectivity index (χ2v) is 6.65. The van der Waals surface area contributed by atoms with Gasteiger partial charge in [0.15, 0.2) is 0 Å². The zero-order valence-electron chi connectivity index (χ0n) is 13.9. The van der Waals surface area contributed by atoms with Crippen LogP contribution in [0.25, 0.3) is 0 Å². The second kappa shape index (κ2) is 7.70. The lowest BCUT2D eigenvalue weighted by Crippen LogP contribution is -2.41. The van der Waals surface area contributed by atoms with Gasteiger partial charge in [-0.25, -0.2) is 4.98 Å². The monoisotopic (exact) mass is 361 g/mol. The topological polar surface area (TPSA) is 73.2 Å². The van der Waals surface area contributed by atoms with Gasteiger partial charge in [0.25, 0.3) is 11.5 Å². The number of rotatable bonds is 4. The second-order valence-electron chi connectivity index (χ2n) is 6.22. The fourth-order valence-electron chi connectivity index (χ4n) is 2.96. The molecule has 2 aromatic heterocycles. The maximum Gasteiger partial charge on any atom is 0.263 e. The zero-order chi connectivity index (χ0) is 17.8. The highest BCUT2D eigenvalue weighted by atomic mass is 35.5. The Labute approximate surface area is 150 Å². The fraction of sp³-hybridized carbons (Fsp3) is 0.389. The van der Waals surface area contributed by atoms with Gasteiger partial charge in [-0.2, -0.15) is 0 Å². The first-order valence-corrected chi connectivity index (χ1v) is 8.65. The number of carbonyl (C=O) groups is 1. The number of nitrogens with zero attached hydrogens (tertiary/aromatic N) is 2. The number of carbonyl (C=O) groups excluding carboxylic acids is 1. The number of aryl methyl sites for hydroxylation is 1. The molecule has 1 aliphatic carbocycles. The highest BCUT2D eigenvalue weighted by molar-refractivity contribution is 6.30. The first-order chi connectivity index (χ1) is 12.0. The van der Waals surface area contributed by atoms with Crippen LogP contribution in [0, 0.1) is 0 Å². The van der Waals surface area contributed by atoms with Gasteiger partial charge in [-0.05, 0) is 43.9 Å². The van der Waals surface area contributed by atoms with Crippen molar-refractivity contribution < 1.29 is 9.53 Å². The molecule has 1 amide bonds. The average Bonchev–Trinajstić information content (AvgIpc) is 2.61. The predicted molar refractivity (Wildman–Crippen MR) is 95.1 cm³/mol. The van der Waals surface area contributed by atoms with Crippen LogP contribution in [-0.2, 0) is 7.05 Å². The summed E-state index contributed by atoms with van der Waals surface area (Å²) in [5.74, 6) is 0.245. The Morgan fingerprint density at radius 2 is 2.04 bits per heavy atom. The predicted octanol–water partition coefficient (Wildman–Crippen LogP) is 2.55. The molecule has 0 spiro atoms. The van der Waals surface area contributed by atoms with E-state index in [1.165, 1.54) is 4.57 Å². The minimum atomic E-state index is -0.315. The zero-order valence-corrected chi connectivity index (χ0v) is 14.7. The molecule has 0 radical (unpaired) electrons. The summed E-state index contributed by atoms with van der Waals surface area (Å²) in [6.07, 6.45) is 6.51. The van der Waals surface area contributed by atoms with Crippen molar-refractivity contribution in [3.05, 3.63) is 57.6 Å². The van der Waals surface area contributed by atoms with Gasteiger partial charge in [0.2, 0.25) is 5.88 Å². The van der Waals surface area contributed by atoms with Crippen molar-refractivity contribution in [2.45, 2.75) is 37.8 Å². The van der Waals surface area contributed by atoms with E-state index in [9.17, 15) is 9.59 Å². The molecular formula is C18H20ClN3O3. The molecule has 0 atom stereocenters. The quantitative estimate of drug-likeness (QED) is 0.908. The van der Waals surface area contributed by atoms with E-state index in [0.29, 0.717) is 10.9 Å². The van der Waals surface area contributed by atoms with Gasteiger partial charge in [-0.15, -0.1) is 0 Å². The molecule has 1 N–H and O–H groups in total. The van der Waals surface area contributed by atoms with Crippen LogP contribution in [0.3, 0.4) is 0 Å². The highest BCUT2D eigenvalue weighted by Gasteiger charge is 2.25. The van der Waals surface area contributed by atoms with E-state index >= 15 is 0 Å². The molecular weight excluding hydrogens is 342 g/mol. The first-order valence-electron chi connectivity index (χ1n) is 8.27. The van der Waals surface area contributed by atoms with E-state index in [4.69, 9.17) is 16.3 Å². The molecule has 132 valence electrons. The Bertz CT molecular complexity index is 796. The molecule has 0 aromatic carbocycles. The molecule has 0 saturated heterocycles. The van der Waals surface area contributed by atoms with Crippen molar-refractivity contribution in [1.82, 2.24) is 14.9 Å². The molecule has 25 heavy (non-hydrogen) atoms. The molecule has 2 heterocycles.